The highest BCUT2D eigenvalue weighted by molar-refractivity contribution is 8.69. The first-order valence-corrected chi connectivity index (χ1v) is 8.91. The molecule has 0 heterocycles. The maximum absolute atomic E-state index is 10.4. The fraction of sp³-hybridized carbons (Fsp3) is 0.500. The van der Waals surface area contributed by atoms with Gasteiger partial charge in [0.15, 0.2) is 0 Å². The van der Waals surface area contributed by atoms with Crippen molar-refractivity contribution in [2.75, 3.05) is 26.0 Å². The molecule has 1 rings (SSSR count). The number of aryl methyl sites for hydroxylation is 1. The van der Waals surface area contributed by atoms with E-state index in [1.54, 1.807) is 7.11 Å². The Hall–Kier alpha value is -0.760. The average Bonchev–Trinajstić information content (AvgIpc) is 2.37. The van der Waals surface area contributed by atoms with Crippen LogP contribution >= 0.6 is 10.8 Å². The van der Waals surface area contributed by atoms with Gasteiger partial charge in [0.1, 0.15) is 5.75 Å². The molecule has 0 bridgehead atoms. The maximum Gasteiger partial charge on any atom is 0.319 e. The van der Waals surface area contributed by atoms with Gasteiger partial charge in [0, 0.05) is 12.3 Å². The van der Waals surface area contributed by atoms with Crippen LogP contribution in [0.4, 0.5) is 0 Å². The van der Waals surface area contributed by atoms with E-state index in [2.05, 4.69) is 5.32 Å². The van der Waals surface area contributed by atoms with Crippen LogP contribution in [0.2, 0.25) is 0 Å². The monoisotopic (exact) mass is 305 g/mol. The van der Waals surface area contributed by atoms with Crippen molar-refractivity contribution in [1.82, 2.24) is 5.32 Å². The number of benzene rings is 1. The molecule has 0 aliphatic carbocycles. The first-order valence-electron chi connectivity index (χ1n) is 5.97. The minimum absolute atomic E-state index is 0.349. The molecule has 108 valence electrons. The Morgan fingerprint density at radius 2 is 1.95 bits per heavy atom. The molecule has 0 fully saturated rings. The lowest BCUT2D eigenvalue weighted by Crippen LogP contribution is -2.19. The predicted molar refractivity (Wildman–Crippen MR) is 78.2 cm³/mol. The summed E-state index contributed by atoms with van der Waals surface area (Å²) in [5, 5.41) is 3.13. The van der Waals surface area contributed by atoms with Crippen LogP contribution in [-0.2, 0) is 15.6 Å². The van der Waals surface area contributed by atoms with E-state index in [0.29, 0.717) is 23.1 Å². The maximum atomic E-state index is 10.4. The third-order valence-corrected chi connectivity index (χ3v) is 4.55. The quantitative estimate of drug-likeness (QED) is 0.411. The summed E-state index contributed by atoms with van der Waals surface area (Å²) in [6.07, 6.45) is 1.94. The lowest BCUT2D eigenvalue weighted by Gasteiger charge is -2.05. The van der Waals surface area contributed by atoms with E-state index in [1.807, 2.05) is 24.3 Å². The summed E-state index contributed by atoms with van der Waals surface area (Å²) in [7, 11) is -1.72. The predicted octanol–water partition coefficient (Wildman–Crippen LogP) is 1.75. The molecule has 0 unspecified atom stereocenters. The van der Waals surface area contributed by atoms with Crippen LogP contribution < -0.4 is 10.1 Å². The summed E-state index contributed by atoms with van der Waals surface area (Å²) in [5.74, 6) is 1.20. The number of rotatable bonds is 9. The van der Waals surface area contributed by atoms with E-state index in [9.17, 15) is 8.42 Å². The number of ether oxygens (including phenoxy) is 1. The summed E-state index contributed by atoms with van der Waals surface area (Å²) in [6, 6.07) is 7.94. The molecule has 2 N–H and O–H groups in total. The fourth-order valence-electron chi connectivity index (χ4n) is 1.55. The van der Waals surface area contributed by atoms with Gasteiger partial charge in [0.2, 0.25) is 0 Å². The van der Waals surface area contributed by atoms with Crippen molar-refractivity contribution in [3.8, 4) is 5.75 Å². The van der Waals surface area contributed by atoms with E-state index in [1.165, 1.54) is 5.56 Å². The number of hydrogen-bond acceptors (Lipinski definition) is 5. The SMILES string of the molecule is COc1ccc(CCCNCCSS(=O)(=O)O)cc1. The third kappa shape index (κ3) is 8.10. The molecule has 0 spiro atoms. The zero-order valence-corrected chi connectivity index (χ0v) is 12.5. The molecular formula is C12H19NO4S2. The molecule has 0 saturated carbocycles. The molecule has 0 radical (unpaired) electrons. The average molecular weight is 305 g/mol. The highest BCUT2D eigenvalue weighted by atomic mass is 33.1. The largest absolute Gasteiger partial charge is 0.497 e. The van der Waals surface area contributed by atoms with Crippen LogP contribution in [0, 0.1) is 0 Å². The molecule has 0 amide bonds. The second kappa shape index (κ2) is 8.42. The first-order chi connectivity index (χ1) is 9.01. The van der Waals surface area contributed by atoms with Gasteiger partial charge in [0.05, 0.1) is 7.11 Å². The van der Waals surface area contributed by atoms with Crippen molar-refractivity contribution < 1.29 is 17.7 Å². The Morgan fingerprint density at radius 3 is 2.53 bits per heavy atom. The highest BCUT2D eigenvalue weighted by Crippen LogP contribution is 2.12. The second-order valence-electron chi connectivity index (χ2n) is 3.95. The fourth-order valence-corrected chi connectivity index (χ4v) is 2.87. The summed E-state index contributed by atoms with van der Waals surface area (Å²) in [6.45, 7) is 1.38. The van der Waals surface area contributed by atoms with Gasteiger partial charge < -0.3 is 10.1 Å². The minimum Gasteiger partial charge on any atom is -0.497 e. The molecule has 19 heavy (non-hydrogen) atoms. The topological polar surface area (TPSA) is 75.6 Å². The van der Waals surface area contributed by atoms with Crippen molar-refractivity contribution in [3.63, 3.8) is 0 Å². The van der Waals surface area contributed by atoms with Crippen LogP contribution in [0.3, 0.4) is 0 Å². The van der Waals surface area contributed by atoms with Crippen molar-refractivity contribution in [3.05, 3.63) is 29.8 Å². The van der Waals surface area contributed by atoms with Crippen molar-refractivity contribution >= 4 is 19.9 Å². The lowest BCUT2D eigenvalue weighted by molar-refractivity contribution is 0.414. The zero-order valence-electron chi connectivity index (χ0n) is 10.8. The number of methoxy groups -OCH3 is 1. The van der Waals surface area contributed by atoms with Crippen molar-refractivity contribution in [2.45, 2.75) is 12.8 Å². The molecule has 7 heteroatoms. The van der Waals surface area contributed by atoms with Crippen LogP contribution in [0.1, 0.15) is 12.0 Å². The Bertz CT molecular complexity index is 459. The molecule has 0 aliphatic rings. The van der Waals surface area contributed by atoms with Crippen LogP contribution in [0.5, 0.6) is 5.75 Å². The number of nitrogens with one attached hydrogen (secondary N) is 1. The molecule has 0 saturated heterocycles. The van der Waals surface area contributed by atoms with Gasteiger partial charge in [-0.2, -0.15) is 8.42 Å². The van der Waals surface area contributed by atoms with E-state index in [0.717, 1.165) is 25.1 Å². The number of hydrogen-bond donors (Lipinski definition) is 2. The van der Waals surface area contributed by atoms with E-state index in [4.69, 9.17) is 9.29 Å². The first kappa shape index (κ1) is 16.3. The van der Waals surface area contributed by atoms with Crippen LogP contribution in [0.15, 0.2) is 24.3 Å². The third-order valence-electron chi connectivity index (χ3n) is 2.49. The normalized spacial score (nSPS) is 11.5. The molecule has 5 nitrogen and oxygen atoms in total. The van der Waals surface area contributed by atoms with Gasteiger partial charge in [-0.05, 0) is 47.9 Å². The van der Waals surface area contributed by atoms with Gasteiger partial charge >= 0.3 is 9.15 Å². The van der Waals surface area contributed by atoms with Gasteiger partial charge in [0.25, 0.3) is 0 Å². The molecule has 1 aromatic rings. The Balaban J connectivity index is 2.07. The summed E-state index contributed by atoms with van der Waals surface area (Å²) in [4.78, 5) is 0. The summed E-state index contributed by atoms with van der Waals surface area (Å²) < 4.78 is 34.5. The Kier molecular flexibility index (Phi) is 7.22. The van der Waals surface area contributed by atoms with Crippen molar-refractivity contribution in [2.24, 2.45) is 0 Å². The van der Waals surface area contributed by atoms with Gasteiger partial charge in [-0.1, -0.05) is 12.1 Å². The van der Waals surface area contributed by atoms with Gasteiger partial charge in [-0.15, -0.1) is 0 Å². The Morgan fingerprint density at radius 1 is 1.26 bits per heavy atom. The van der Waals surface area contributed by atoms with E-state index < -0.39 is 9.15 Å². The molecular weight excluding hydrogens is 286 g/mol. The summed E-state index contributed by atoms with van der Waals surface area (Å²) in [5.41, 5.74) is 1.25. The molecule has 0 aromatic heterocycles. The molecule has 0 aliphatic heterocycles. The van der Waals surface area contributed by atoms with Crippen LogP contribution in [0.25, 0.3) is 0 Å². The van der Waals surface area contributed by atoms with Crippen LogP contribution in [-0.4, -0.2) is 38.9 Å². The summed E-state index contributed by atoms with van der Waals surface area (Å²) >= 11 is 0. The molecule has 0 atom stereocenters. The molecule has 1 aromatic carbocycles. The van der Waals surface area contributed by atoms with E-state index >= 15 is 0 Å². The highest BCUT2D eigenvalue weighted by Gasteiger charge is 2.03. The van der Waals surface area contributed by atoms with Gasteiger partial charge in [-0.3, -0.25) is 4.55 Å². The Labute approximate surface area is 117 Å². The van der Waals surface area contributed by atoms with Crippen molar-refractivity contribution in [1.29, 1.82) is 0 Å². The second-order valence-corrected chi connectivity index (χ2v) is 7.42. The zero-order chi connectivity index (χ0) is 14.1. The minimum atomic E-state index is -3.90. The lowest BCUT2D eigenvalue weighted by atomic mass is 10.1. The standard InChI is InChI=1S/C12H19NO4S2/c1-17-12-6-4-11(5-7-12)3-2-8-13-9-10-18-19(14,15)16/h4-7,13H,2-3,8-10H2,1H3,(H,14,15,16). The van der Waals surface area contributed by atoms with Gasteiger partial charge in [-0.25, -0.2) is 0 Å². The van der Waals surface area contributed by atoms with E-state index in [-0.39, 0.29) is 0 Å². The smallest absolute Gasteiger partial charge is 0.319 e.